The molecule has 108 valence electrons. The van der Waals surface area contributed by atoms with Crippen LogP contribution in [0.2, 0.25) is 0 Å². The molecular formula is C12H24N6O. The predicted octanol–water partition coefficient (Wildman–Crippen LogP) is 1.57. The molecule has 1 aromatic rings. The Kier molecular flexibility index (Phi) is 6.27. The van der Waals surface area contributed by atoms with Crippen molar-refractivity contribution in [1.29, 1.82) is 0 Å². The summed E-state index contributed by atoms with van der Waals surface area (Å²) < 4.78 is 5.49. The predicted molar refractivity (Wildman–Crippen MR) is 76.2 cm³/mol. The van der Waals surface area contributed by atoms with Crippen molar-refractivity contribution in [3.63, 3.8) is 0 Å². The maximum absolute atomic E-state index is 5.49. The Labute approximate surface area is 114 Å². The second-order valence-electron chi connectivity index (χ2n) is 4.68. The molecule has 0 aliphatic heterocycles. The Morgan fingerprint density at radius 3 is 2.58 bits per heavy atom. The number of unbranched alkanes of at least 4 members (excludes halogenated alkanes) is 2. The first-order valence-electron chi connectivity index (χ1n) is 6.67. The van der Waals surface area contributed by atoms with Gasteiger partial charge in [-0.1, -0.05) is 19.8 Å². The number of nitrogens with two attached hydrogens (primary N) is 1. The van der Waals surface area contributed by atoms with Gasteiger partial charge in [-0.25, -0.2) is 5.84 Å². The van der Waals surface area contributed by atoms with Crippen LogP contribution in [0, 0.1) is 0 Å². The smallest absolute Gasteiger partial charge is 0.323 e. The zero-order valence-electron chi connectivity index (χ0n) is 12.2. The van der Waals surface area contributed by atoms with E-state index in [1.807, 2.05) is 25.8 Å². The van der Waals surface area contributed by atoms with Crippen LogP contribution in [0.5, 0.6) is 6.01 Å². The van der Waals surface area contributed by atoms with Gasteiger partial charge in [0, 0.05) is 13.6 Å². The van der Waals surface area contributed by atoms with Gasteiger partial charge in [0.2, 0.25) is 11.9 Å². The molecule has 1 heterocycles. The van der Waals surface area contributed by atoms with Crippen LogP contribution in [-0.4, -0.2) is 34.6 Å². The number of ether oxygens (including phenoxy) is 1. The lowest BCUT2D eigenvalue weighted by Crippen LogP contribution is -2.23. The summed E-state index contributed by atoms with van der Waals surface area (Å²) in [5.74, 6) is 6.24. The van der Waals surface area contributed by atoms with E-state index in [0.717, 1.165) is 13.0 Å². The fourth-order valence-electron chi connectivity index (χ4n) is 1.54. The molecule has 0 radical (unpaired) electrons. The first kappa shape index (κ1) is 15.4. The van der Waals surface area contributed by atoms with Gasteiger partial charge in [-0.15, -0.1) is 0 Å². The highest BCUT2D eigenvalue weighted by Gasteiger charge is 2.11. The van der Waals surface area contributed by atoms with E-state index >= 15 is 0 Å². The van der Waals surface area contributed by atoms with Crippen LogP contribution in [0.25, 0.3) is 0 Å². The van der Waals surface area contributed by atoms with Crippen molar-refractivity contribution in [2.24, 2.45) is 5.84 Å². The normalized spacial score (nSPS) is 10.6. The standard InChI is InChI=1S/C12H24N6O/c1-5-6-7-8-18(4)11-14-10(17-13)15-12(16-11)19-9(2)3/h9H,5-8,13H2,1-4H3,(H,14,15,16,17). The van der Waals surface area contributed by atoms with Crippen LogP contribution < -0.4 is 20.9 Å². The average Bonchev–Trinajstić information content (AvgIpc) is 2.37. The minimum Gasteiger partial charge on any atom is -0.461 e. The number of nitrogens with one attached hydrogen (secondary N) is 1. The number of aromatic nitrogens is 3. The molecule has 3 N–H and O–H groups in total. The Bertz CT molecular complexity index is 384. The van der Waals surface area contributed by atoms with E-state index in [4.69, 9.17) is 10.6 Å². The number of nitrogen functional groups attached to an aromatic ring is 1. The highest BCUT2D eigenvalue weighted by molar-refractivity contribution is 5.36. The van der Waals surface area contributed by atoms with Crippen molar-refractivity contribution < 1.29 is 4.74 Å². The van der Waals surface area contributed by atoms with Crippen molar-refractivity contribution in [3.05, 3.63) is 0 Å². The van der Waals surface area contributed by atoms with Gasteiger partial charge in [-0.05, 0) is 20.3 Å². The summed E-state index contributed by atoms with van der Waals surface area (Å²) in [7, 11) is 1.95. The molecule has 0 unspecified atom stereocenters. The molecule has 0 saturated heterocycles. The zero-order chi connectivity index (χ0) is 14.3. The molecule has 0 atom stereocenters. The first-order valence-corrected chi connectivity index (χ1v) is 6.67. The Morgan fingerprint density at radius 1 is 1.26 bits per heavy atom. The van der Waals surface area contributed by atoms with E-state index in [-0.39, 0.29) is 12.1 Å². The van der Waals surface area contributed by atoms with Gasteiger partial charge in [0.25, 0.3) is 0 Å². The third kappa shape index (κ3) is 5.25. The summed E-state index contributed by atoms with van der Waals surface area (Å²) in [6.45, 7) is 6.91. The molecule has 0 aromatic carbocycles. The summed E-state index contributed by atoms with van der Waals surface area (Å²) in [6.07, 6.45) is 3.48. The second-order valence-corrected chi connectivity index (χ2v) is 4.68. The lowest BCUT2D eigenvalue weighted by Gasteiger charge is -2.18. The third-order valence-electron chi connectivity index (χ3n) is 2.51. The quantitative estimate of drug-likeness (QED) is 0.420. The summed E-state index contributed by atoms with van der Waals surface area (Å²) in [5, 5.41) is 0. The van der Waals surface area contributed by atoms with Crippen molar-refractivity contribution in [2.45, 2.75) is 46.1 Å². The monoisotopic (exact) mass is 268 g/mol. The highest BCUT2D eigenvalue weighted by Crippen LogP contribution is 2.15. The number of hydrazine groups is 1. The van der Waals surface area contributed by atoms with Crippen LogP contribution >= 0.6 is 0 Å². The summed E-state index contributed by atoms with van der Waals surface area (Å²) in [5.41, 5.74) is 2.43. The number of hydrogen-bond donors (Lipinski definition) is 2. The minimum absolute atomic E-state index is 0.00581. The van der Waals surface area contributed by atoms with Gasteiger partial charge < -0.3 is 9.64 Å². The Hall–Kier alpha value is -1.63. The molecule has 7 nitrogen and oxygen atoms in total. The lowest BCUT2D eigenvalue weighted by molar-refractivity contribution is 0.222. The van der Waals surface area contributed by atoms with Crippen LogP contribution in [0.15, 0.2) is 0 Å². The molecule has 0 fully saturated rings. The number of nitrogens with zero attached hydrogens (tertiary/aromatic N) is 4. The molecule has 0 amide bonds. The molecule has 19 heavy (non-hydrogen) atoms. The minimum atomic E-state index is 0.00581. The van der Waals surface area contributed by atoms with Gasteiger partial charge >= 0.3 is 6.01 Å². The Morgan fingerprint density at radius 2 is 2.00 bits per heavy atom. The van der Waals surface area contributed by atoms with E-state index in [2.05, 4.69) is 27.3 Å². The largest absolute Gasteiger partial charge is 0.461 e. The fourth-order valence-corrected chi connectivity index (χ4v) is 1.54. The van der Waals surface area contributed by atoms with E-state index < -0.39 is 0 Å². The van der Waals surface area contributed by atoms with Crippen molar-refractivity contribution in [2.75, 3.05) is 23.9 Å². The average molecular weight is 268 g/mol. The molecule has 0 spiro atoms. The summed E-state index contributed by atoms with van der Waals surface area (Å²) in [4.78, 5) is 14.6. The van der Waals surface area contributed by atoms with Crippen LogP contribution in [0.4, 0.5) is 11.9 Å². The van der Waals surface area contributed by atoms with Crippen molar-refractivity contribution in [3.8, 4) is 6.01 Å². The zero-order valence-corrected chi connectivity index (χ0v) is 12.2. The lowest BCUT2D eigenvalue weighted by atomic mass is 10.2. The van der Waals surface area contributed by atoms with E-state index in [9.17, 15) is 0 Å². The van der Waals surface area contributed by atoms with Crippen LogP contribution in [-0.2, 0) is 0 Å². The number of anilines is 2. The summed E-state index contributed by atoms with van der Waals surface area (Å²) >= 11 is 0. The van der Waals surface area contributed by atoms with Gasteiger partial charge in [0.05, 0.1) is 6.10 Å². The maximum atomic E-state index is 5.49. The molecule has 7 heteroatoms. The van der Waals surface area contributed by atoms with Crippen molar-refractivity contribution >= 4 is 11.9 Å². The van der Waals surface area contributed by atoms with Crippen LogP contribution in [0.1, 0.15) is 40.0 Å². The molecule has 0 aliphatic carbocycles. The van der Waals surface area contributed by atoms with E-state index in [1.165, 1.54) is 12.8 Å². The molecule has 0 saturated carbocycles. The maximum Gasteiger partial charge on any atom is 0.323 e. The van der Waals surface area contributed by atoms with E-state index in [0.29, 0.717) is 11.9 Å². The molecular weight excluding hydrogens is 244 g/mol. The molecule has 1 rings (SSSR count). The van der Waals surface area contributed by atoms with Crippen LogP contribution in [0.3, 0.4) is 0 Å². The number of hydrogen-bond acceptors (Lipinski definition) is 7. The topological polar surface area (TPSA) is 89.2 Å². The molecule has 1 aromatic heterocycles. The van der Waals surface area contributed by atoms with Gasteiger partial charge in [0.1, 0.15) is 0 Å². The highest BCUT2D eigenvalue weighted by atomic mass is 16.5. The second kappa shape index (κ2) is 7.73. The number of rotatable bonds is 8. The fraction of sp³-hybridized carbons (Fsp3) is 0.750. The van der Waals surface area contributed by atoms with Crippen molar-refractivity contribution in [1.82, 2.24) is 15.0 Å². The SMILES string of the molecule is CCCCCN(C)c1nc(NN)nc(OC(C)C)n1. The molecule has 0 aliphatic rings. The first-order chi connectivity index (χ1) is 9.06. The molecule has 0 bridgehead atoms. The van der Waals surface area contributed by atoms with E-state index in [1.54, 1.807) is 0 Å². The summed E-state index contributed by atoms with van der Waals surface area (Å²) in [6, 6.07) is 0.287. The Balaban J connectivity index is 2.80. The third-order valence-corrected chi connectivity index (χ3v) is 2.51. The van der Waals surface area contributed by atoms with Gasteiger partial charge in [-0.3, -0.25) is 5.43 Å². The van der Waals surface area contributed by atoms with Gasteiger partial charge in [-0.2, -0.15) is 15.0 Å². The van der Waals surface area contributed by atoms with Gasteiger partial charge in [0.15, 0.2) is 0 Å².